The van der Waals surface area contributed by atoms with Crippen molar-refractivity contribution in [1.82, 2.24) is 4.98 Å². The quantitative estimate of drug-likeness (QED) is 0.755. The summed E-state index contributed by atoms with van der Waals surface area (Å²) in [5.74, 6) is -0.207. The second-order valence-corrected chi connectivity index (χ2v) is 6.52. The van der Waals surface area contributed by atoms with Crippen molar-refractivity contribution in [3.63, 3.8) is 0 Å². The molecule has 1 aromatic heterocycles. The van der Waals surface area contributed by atoms with Gasteiger partial charge in [-0.1, -0.05) is 26.8 Å². The predicted octanol–water partition coefficient (Wildman–Crippen LogP) is 3.26. The van der Waals surface area contributed by atoms with Gasteiger partial charge in [-0.05, 0) is 32.4 Å². The van der Waals surface area contributed by atoms with E-state index in [0.29, 0.717) is 0 Å². The Morgan fingerprint density at radius 1 is 1.22 bits per heavy atom. The molecule has 0 radical (unpaired) electrons. The molecular formula is C15H23NO2. The standard InChI is InChI=1S/C15H23NO2/c1-14(2,3)13-11(8-7-9-16-13)10-12(17)18-15(4,5)6/h7-9H,10H2,1-6H3. The highest BCUT2D eigenvalue weighted by molar-refractivity contribution is 5.73. The average Bonchev–Trinajstić information content (AvgIpc) is 2.13. The van der Waals surface area contributed by atoms with Gasteiger partial charge in [0, 0.05) is 17.3 Å². The molecule has 1 aromatic rings. The van der Waals surface area contributed by atoms with Gasteiger partial charge in [0.2, 0.25) is 0 Å². The first kappa shape index (κ1) is 14.7. The molecule has 0 unspecified atom stereocenters. The molecule has 0 N–H and O–H groups in total. The number of ether oxygens (including phenoxy) is 1. The van der Waals surface area contributed by atoms with E-state index in [4.69, 9.17) is 4.74 Å². The summed E-state index contributed by atoms with van der Waals surface area (Å²) < 4.78 is 5.34. The lowest BCUT2D eigenvalue weighted by Crippen LogP contribution is -2.26. The van der Waals surface area contributed by atoms with E-state index in [1.807, 2.05) is 32.9 Å². The molecule has 0 aliphatic heterocycles. The molecule has 0 saturated heterocycles. The predicted molar refractivity (Wildman–Crippen MR) is 72.5 cm³/mol. The van der Waals surface area contributed by atoms with Crippen LogP contribution in [0.3, 0.4) is 0 Å². The molecule has 3 nitrogen and oxygen atoms in total. The van der Waals surface area contributed by atoms with Gasteiger partial charge >= 0.3 is 5.97 Å². The number of esters is 1. The highest BCUT2D eigenvalue weighted by atomic mass is 16.6. The lowest BCUT2D eigenvalue weighted by atomic mass is 9.87. The number of hydrogen-bond acceptors (Lipinski definition) is 3. The van der Waals surface area contributed by atoms with E-state index in [1.54, 1.807) is 6.20 Å². The van der Waals surface area contributed by atoms with Crippen molar-refractivity contribution in [2.75, 3.05) is 0 Å². The molecule has 3 heteroatoms. The second kappa shape index (κ2) is 5.09. The first-order chi connectivity index (χ1) is 8.09. The molecule has 0 bridgehead atoms. The van der Waals surface area contributed by atoms with Crippen LogP contribution in [0.2, 0.25) is 0 Å². The van der Waals surface area contributed by atoms with Crippen LogP contribution in [0.1, 0.15) is 52.8 Å². The van der Waals surface area contributed by atoms with Crippen LogP contribution in [0, 0.1) is 0 Å². The summed E-state index contributed by atoms with van der Waals surface area (Å²) in [7, 11) is 0. The van der Waals surface area contributed by atoms with Crippen LogP contribution in [0.4, 0.5) is 0 Å². The fraction of sp³-hybridized carbons (Fsp3) is 0.600. The molecule has 1 rings (SSSR count). The number of hydrogen-bond donors (Lipinski definition) is 0. The topological polar surface area (TPSA) is 39.2 Å². The van der Waals surface area contributed by atoms with Crippen LogP contribution in [0.5, 0.6) is 0 Å². The van der Waals surface area contributed by atoms with Crippen molar-refractivity contribution in [2.45, 2.75) is 59.0 Å². The summed E-state index contributed by atoms with van der Waals surface area (Å²) in [6.45, 7) is 11.9. The van der Waals surface area contributed by atoms with Crippen molar-refractivity contribution in [2.24, 2.45) is 0 Å². The zero-order valence-electron chi connectivity index (χ0n) is 12.2. The number of carbonyl (C=O) groups is 1. The van der Waals surface area contributed by atoms with E-state index in [9.17, 15) is 4.79 Å². The molecule has 0 aromatic carbocycles. The van der Waals surface area contributed by atoms with E-state index in [-0.39, 0.29) is 17.8 Å². The summed E-state index contributed by atoms with van der Waals surface area (Å²) in [4.78, 5) is 16.2. The highest BCUT2D eigenvalue weighted by Gasteiger charge is 2.22. The molecular weight excluding hydrogens is 226 g/mol. The van der Waals surface area contributed by atoms with Gasteiger partial charge in [0.1, 0.15) is 5.60 Å². The number of aromatic nitrogens is 1. The number of rotatable bonds is 2. The minimum absolute atomic E-state index is 0.0708. The van der Waals surface area contributed by atoms with Gasteiger partial charge < -0.3 is 4.74 Å². The van der Waals surface area contributed by atoms with Gasteiger partial charge in [-0.2, -0.15) is 0 Å². The third-order valence-corrected chi connectivity index (χ3v) is 2.36. The summed E-state index contributed by atoms with van der Waals surface area (Å²) >= 11 is 0. The summed E-state index contributed by atoms with van der Waals surface area (Å²) in [5.41, 5.74) is 1.38. The van der Waals surface area contributed by atoms with Crippen molar-refractivity contribution >= 4 is 5.97 Å². The fourth-order valence-electron chi connectivity index (χ4n) is 1.79. The van der Waals surface area contributed by atoms with Gasteiger partial charge in [0.05, 0.1) is 6.42 Å². The minimum atomic E-state index is -0.443. The number of nitrogens with zero attached hydrogens (tertiary/aromatic N) is 1. The zero-order valence-corrected chi connectivity index (χ0v) is 12.2. The lowest BCUT2D eigenvalue weighted by Gasteiger charge is -2.23. The molecule has 0 aliphatic carbocycles. The van der Waals surface area contributed by atoms with Crippen LogP contribution >= 0.6 is 0 Å². The van der Waals surface area contributed by atoms with E-state index in [2.05, 4.69) is 25.8 Å². The van der Waals surface area contributed by atoms with E-state index >= 15 is 0 Å². The van der Waals surface area contributed by atoms with E-state index in [1.165, 1.54) is 0 Å². The van der Waals surface area contributed by atoms with Crippen LogP contribution in [0.15, 0.2) is 18.3 Å². The lowest BCUT2D eigenvalue weighted by molar-refractivity contribution is -0.153. The number of carbonyl (C=O) groups excluding carboxylic acids is 1. The highest BCUT2D eigenvalue weighted by Crippen LogP contribution is 2.24. The maximum Gasteiger partial charge on any atom is 0.310 e. The second-order valence-electron chi connectivity index (χ2n) is 6.52. The Kier molecular flexibility index (Phi) is 4.15. The molecule has 0 atom stereocenters. The van der Waals surface area contributed by atoms with Crippen molar-refractivity contribution in [3.05, 3.63) is 29.6 Å². The van der Waals surface area contributed by atoms with Crippen molar-refractivity contribution < 1.29 is 9.53 Å². The summed E-state index contributed by atoms with van der Waals surface area (Å²) in [5, 5.41) is 0. The molecule has 0 amide bonds. The van der Waals surface area contributed by atoms with Crippen LogP contribution < -0.4 is 0 Å². The monoisotopic (exact) mass is 249 g/mol. The van der Waals surface area contributed by atoms with Crippen LogP contribution in [-0.4, -0.2) is 16.6 Å². The number of pyridine rings is 1. The van der Waals surface area contributed by atoms with E-state index < -0.39 is 5.60 Å². The van der Waals surface area contributed by atoms with Gasteiger partial charge in [-0.3, -0.25) is 9.78 Å². The molecule has 0 aliphatic rings. The summed E-state index contributed by atoms with van der Waals surface area (Å²) in [6, 6.07) is 3.80. The Balaban J connectivity index is 2.89. The minimum Gasteiger partial charge on any atom is -0.460 e. The van der Waals surface area contributed by atoms with Crippen molar-refractivity contribution in [3.8, 4) is 0 Å². The van der Waals surface area contributed by atoms with Gasteiger partial charge in [0.25, 0.3) is 0 Å². The Morgan fingerprint density at radius 2 is 1.83 bits per heavy atom. The Hall–Kier alpha value is -1.38. The maximum atomic E-state index is 11.9. The fourth-order valence-corrected chi connectivity index (χ4v) is 1.79. The molecule has 0 spiro atoms. The summed E-state index contributed by atoms with van der Waals surface area (Å²) in [6.07, 6.45) is 2.04. The van der Waals surface area contributed by atoms with Gasteiger partial charge in [0.15, 0.2) is 0 Å². The van der Waals surface area contributed by atoms with Crippen LogP contribution in [-0.2, 0) is 21.4 Å². The molecule has 1 heterocycles. The zero-order chi connectivity index (χ0) is 14.0. The average molecular weight is 249 g/mol. The van der Waals surface area contributed by atoms with E-state index in [0.717, 1.165) is 11.3 Å². The molecule has 18 heavy (non-hydrogen) atoms. The molecule has 0 saturated carbocycles. The third kappa shape index (κ3) is 4.47. The van der Waals surface area contributed by atoms with Crippen LogP contribution in [0.25, 0.3) is 0 Å². The normalized spacial score (nSPS) is 12.3. The maximum absolute atomic E-state index is 11.9. The third-order valence-electron chi connectivity index (χ3n) is 2.36. The Labute approximate surface area is 110 Å². The molecule has 0 fully saturated rings. The first-order valence-corrected chi connectivity index (χ1v) is 6.26. The van der Waals surface area contributed by atoms with Crippen molar-refractivity contribution in [1.29, 1.82) is 0 Å². The largest absolute Gasteiger partial charge is 0.460 e. The van der Waals surface area contributed by atoms with Gasteiger partial charge in [-0.25, -0.2) is 0 Å². The Morgan fingerprint density at radius 3 is 2.33 bits per heavy atom. The first-order valence-electron chi connectivity index (χ1n) is 6.26. The SMILES string of the molecule is CC(C)(C)OC(=O)Cc1cccnc1C(C)(C)C. The van der Waals surface area contributed by atoms with Gasteiger partial charge in [-0.15, -0.1) is 0 Å². The smallest absolute Gasteiger partial charge is 0.310 e. The molecule has 100 valence electrons. The Bertz CT molecular complexity index is 425.